The van der Waals surface area contributed by atoms with E-state index in [9.17, 15) is 5.26 Å². The first-order valence-electron chi connectivity index (χ1n) is 15.4. The summed E-state index contributed by atoms with van der Waals surface area (Å²) in [5.74, 6) is 2.67. The van der Waals surface area contributed by atoms with Crippen LogP contribution in [0.3, 0.4) is 0 Å². The highest BCUT2D eigenvalue weighted by molar-refractivity contribution is 6.13. The van der Waals surface area contributed by atoms with Gasteiger partial charge in [-0.2, -0.15) is 5.26 Å². The summed E-state index contributed by atoms with van der Waals surface area (Å²) in [7, 11) is 0. The first kappa shape index (κ1) is 27.2. The molecule has 214 valence electrons. The van der Waals surface area contributed by atoms with E-state index in [4.69, 9.17) is 6.42 Å². The highest BCUT2D eigenvalue weighted by Crippen LogP contribution is 2.37. The predicted molar refractivity (Wildman–Crippen MR) is 194 cm³/mol. The third-order valence-electron chi connectivity index (χ3n) is 9.14. The van der Waals surface area contributed by atoms with Crippen LogP contribution in [-0.4, -0.2) is 4.57 Å². The molecule has 0 aliphatic carbocycles. The fourth-order valence-electron chi connectivity index (χ4n) is 6.92. The molecular formula is C44H28N2. The quantitative estimate of drug-likeness (QED) is 0.149. The molecule has 46 heavy (non-hydrogen) atoms. The monoisotopic (exact) mass is 584 g/mol. The first-order valence-corrected chi connectivity index (χ1v) is 15.4. The minimum atomic E-state index is 0.654. The molecule has 2 heteroatoms. The van der Waals surface area contributed by atoms with Gasteiger partial charge >= 0.3 is 0 Å². The van der Waals surface area contributed by atoms with Crippen molar-refractivity contribution in [3.05, 3.63) is 156 Å². The molecule has 0 aliphatic heterocycles. The number of rotatable bonds is 4. The highest BCUT2D eigenvalue weighted by atomic mass is 15.0. The number of fused-ring (bicyclic) bond motifs is 6. The molecule has 0 saturated heterocycles. The normalized spacial score (nSPS) is 11.5. The van der Waals surface area contributed by atoms with Crippen LogP contribution in [-0.2, 0) is 0 Å². The molecule has 0 bridgehead atoms. The number of nitrogens with zero attached hydrogens (tertiary/aromatic N) is 2. The molecule has 8 rings (SSSR count). The van der Waals surface area contributed by atoms with Crippen LogP contribution in [0, 0.1) is 30.6 Å². The number of benzene rings is 7. The Morgan fingerprint density at radius 1 is 0.565 bits per heavy atom. The van der Waals surface area contributed by atoms with Crippen molar-refractivity contribution in [1.29, 1.82) is 5.26 Å². The average Bonchev–Trinajstić information content (AvgIpc) is 3.45. The zero-order valence-corrected chi connectivity index (χ0v) is 25.3. The van der Waals surface area contributed by atoms with E-state index in [-0.39, 0.29) is 0 Å². The molecule has 0 aliphatic rings. The molecular weight excluding hydrogens is 556 g/mol. The zero-order chi connectivity index (χ0) is 31.2. The van der Waals surface area contributed by atoms with Gasteiger partial charge in [-0.1, -0.05) is 96.9 Å². The van der Waals surface area contributed by atoms with Crippen molar-refractivity contribution in [2.75, 3.05) is 0 Å². The molecule has 1 aromatic heterocycles. The Hall–Kier alpha value is -6.35. The molecule has 0 atom stereocenters. The van der Waals surface area contributed by atoms with Crippen LogP contribution in [0.15, 0.2) is 140 Å². The molecule has 0 N–H and O–H groups in total. The third kappa shape index (κ3) is 4.36. The van der Waals surface area contributed by atoms with Crippen LogP contribution in [0.4, 0.5) is 0 Å². The summed E-state index contributed by atoms with van der Waals surface area (Å²) < 4.78 is 2.25. The maximum Gasteiger partial charge on any atom is 0.0992 e. The SMILES string of the molecule is C#C/C=C\c1c(C)c2ccccc2c2ccc(-c3cccc(-c4ccc(-n5c6ccccc6c6ccc(C#N)cc65)cc4)c3)cc12. The third-order valence-corrected chi connectivity index (χ3v) is 9.14. The van der Waals surface area contributed by atoms with Crippen molar-refractivity contribution in [1.82, 2.24) is 4.57 Å². The van der Waals surface area contributed by atoms with Crippen LogP contribution in [0.2, 0.25) is 0 Å². The standard InChI is InChI=1S/C44H28N2/c1-3-4-12-37-29(2)36-13-5-6-14-38(36)39-24-20-34(27-42(37)39)33-11-9-10-32(26-33)31-18-21-35(22-19-31)46-43-16-8-7-15-40(43)41-23-17-30(28-45)25-44(41)46/h1,4-27H,2H3/b12-4-. The predicted octanol–water partition coefficient (Wildman–Crippen LogP) is 11.3. The Balaban J connectivity index is 1.21. The van der Waals surface area contributed by atoms with E-state index in [1.807, 2.05) is 12.1 Å². The average molecular weight is 585 g/mol. The van der Waals surface area contributed by atoms with Crippen molar-refractivity contribution in [2.45, 2.75) is 6.92 Å². The molecule has 0 radical (unpaired) electrons. The van der Waals surface area contributed by atoms with Crippen LogP contribution < -0.4 is 0 Å². The van der Waals surface area contributed by atoms with E-state index >= 15 is 0 Å². The van der Waals surface area contributed by atoms with Crippen LogP contribution in [0.1, 0.15) is 16.7 Å². The first-order chi connectivity index (χ1) is 22.6. The Kier molecular flexibility index (Phi) is 6.49. The maximum absolute atomic E-state index is 9.59. The Labute approximate surface area is 268 Å². The number of hydrogen-bond donors (Lipinski definition) is 0. The second kappa shape index (κ2) is 11.0. The summed E-state index contributed by atoms with van der Waals surface area (Å²) >= 11 is 0. The summed E-state index contributed by atoms with van der Waals surface area (Å²) in [4.78, 5) is 0. The molecule has 0 saturated carbocycles. The Bertz CT molecular complexity index is 2600. The van der Waals surface area contributed by atoms with Gasteiger partial charge in [0.15, 0.2) is 0 Å². The highest BCUT2D eigenvalue weighted by Gasteiger charge is 2.14. The van der Waals surface area contributed by atoms with E-state index in [0.29, 0.717) is 5.56 Å². The van der Waals surface area contributed by atoms with Crippen LogP contribution in [0.25, 0.3) is 77.4 Å². The van der Waals surface area contributed by atoms with Gasteiger partial charge in [0.2, 0.25) is 0 Å². The van der Waals surface area contributed by atoms with Gasteiger partial charge in [0.05, 0.1) is 22.7 Å². The second-order valence-electron chi connectivity index (χ2n) is 11.7. The van der Waals surface area contributed by atoms with Gasteiger partial charge in [-0.05, 0) is 116 Å². The van der Waals surface area contributed by atoms with Gasteiger partial charge in [0, 0.05) is 16.5 Å². The van der Waals surface area contributed by atoms with Gasteiger partial charge in [0.25, 0.3) is 0 Å². The summed E-state index contributed by atoms with van der Waals surface area (Å²) in [6.45, 7) is 2.18. The van der Waals surface area contributed by atoms with Gasteiger partial charge < -0.3 is 4.57 Å². The Morgan fingerprint density at radius 3 is 1.98 bits per heavy atom. The Morgan fingerprint density at radius 2 is 1.20 bits per heavy atom. The number of allylic oxidation sites excluding steroid dienone is 1. The summed E-state index contributed by atoms with van der Waals surface area (Å²) in [5.41, 5.74) is 10.9. The largest absolute Gasteiger partial charge is 0.309 e. The number of aryl methyl sites for hydroxylation is 1. The van der Waals surface area contributed by atoms with Crippen molar-refractivity contribution in [2.24, 2.45) is 0 Å². The van der Waals surface area contributed by atoms with E-state index in [2.05, 4.69) is 151 Å². The van der Waals surface area contributed by atoms with Crippen molar-refractivity contribution >= 4 is 49.4 Å². The molecule has 2 nitrogen and oxygen atoms in total. The van der Waals surface area contributed by atoms with Crippen molar-refractivity contribution in [3.8, 4) is 46.4 Å². The van der Waals surface area contributed by atoms with Gasteiger partial charge in [0.1, 0.15) is 0 Å². The number of para-hydroxylation sites is 1. The van der Waals surface area contributed by atoms with Gasteiger partial charge in [-0.15, -0.1) is 6.42 Å². The van der Waals surface area contributed by atoms with E-state index in [0.717, 1.165) is 49.9 Å². The van der Waals surface area contributed by atoms with E-state index < -0.39 is 0 Å². The number of nitriles is 1. The minimum absolute atomic E-state index is 0.654. The smallest absolute Gasteiger partial charge is 0.0992 e. The van der Waals surface area contributed by atoms with Crippen LogP contribution in [0.5, 0.6) is 0 Å². The molecule has 0 unspecified atom stereocenters. The topological polar surface area (TPSA) is 28.7 Å². The number of hydrogen-bond acceptors (Lipinski definition) is 1. The summed E-state index contributed by atoms with van der Waals surface area (Å²) in [6.07, 6.45) is 9.47. The lowest BCUT2D eigenvalue weighted by atomic mass is 9.89. The van der Waals surface area contributed by atoms with Gasteiger partial charge in [-0.3, -0.25) is 0 Å². The molecule has 1 heterocycles. The lowest BCUT2D eigenvalue weighted by Crippen LogP contribution is -1.94. The molecule has 8 aromatic rings. The summed E-state index contributed by atoms with van der Waals surface area (Å²) in [5, 5.41) is 16.8. The number of terminal acetylenes is 1. The van der Waals surface area contributed by atoms with Crippen molar-refractivity contribution < 1.29 is 0 Å². The zero-order valence-electron chi connectivity index (χ0n) is 25.3. The van der Waals surface area contributed by atoms with Crippen molar-refractivity contribution in [3.63, 3.8) is 0 Å². The molecule has 0 fully saturated rings. The fourth-order valence-corrected chi connectivity index (χ4v) is 6.92. The molecule has 0 amide bonds. The van der Waals surface area contributed by atoms with E-state index in [1.165, 1.54) is 32.5 Å². The van der Waals surface area contributed by atoms with Crippen LogP contribution >= 0.6 is 0 Å². The molecule has 0 spiro atoms. The lowest BCUT2D eigenvalue weighted by molar-refractivity contribution is 1.18. The fraction of sp³-hybridized carbons (Fsp3) is 0.0227. The maximum atomic E-state index is 9.59. The lowest BCUT2D eigenvalue weighted by Gasteiger charge is -2.14. The molecule has 7 aromatic carbocycles. The van der Waals surface area contributed by atoms with E-state index in [1.54, 1.807) is 6.08 Å². The minimum Gasteiger partial charge on any atom is -0.309 e. The summed E-state index contributed by atoms with van der Waals surface area (Å²) in [6, 6.07) is 49.4. The second-order valence-corrected chi connectivity index (χ2v) is 11.7. The van der Waals surface area contributed by atoms with Gasteiger partial charge in [-0.25, -0.2) is 0 Å². The number of aromatic nitrogens is 1.